The number of hydrogen-bond donors (Lipinski definition) is 1. The largest absolute Gasteiger partial charge is 0.338 e. The van der Waals surface area contributed by atoms with Crippen molar-refractivity contribution in [2.75, 3.05) is 26.2 Å². The minimum Gasteiger partial charge on any atom is -0.338 e. The third-order valence-electron chi connectivity index (χ3n) is 4.35. The molecule has 0 bridgehead atoms. The monoisotopic (exact) mass is 275 g/mol. The van der Waals surface area contributed by atoms with Gasteiger partial charge in [0.2, 0.25) is 5.91 Å². The third-order valence-corrected chi connectivity index (χ3v) is 4.35. The van der Waals surface area contributed by atoms with Crippen LogP contribution in [0.5, 0.6) is 0 Å². The standard InChI is InChI=1S/C14H21N5O/c1-10(12-6-15-7-12)14(20)19-5-3-4-11(8-19)13-17-16-9-18(13)2/h9,11,15H,3-8H2,1-2H3. The van der Waals surface area contributed by atoms with E-state index in [4.69, 9.17) is 0 Å². The molecule has 0 radical (unpaired) electrons. The number of carbonyl (C=O) groups excluding carboxylic acids is 1. The Morgan fingerprint density at radius 2 is 2.25 bits per heavy atom. The highest BCUT2D eigenvalue weighted by Gasteiger charge is 2.29. The van der Waals surface area contributed by atoms with Crippen molar-refractivity contribution in [2.24, 2.45) is 7.05 Å². The molecule has 3 rings (SSSR count). The maximum atomic E-state index is 12.5. The van der Waals surface area contributed by atoms with Gasteiger partial charge in [0.1, 0.15) is 12.2 Å². The molecule has 2 saturated heterocycles. The number of aromatic nitrogens is 3. The van der Waals surface area contributed by atoms with Crippen molar-refractivity contribution in [1.82, 2.24) is 25.0 Å². The van der Waals surface area contributed by atoms with Gasteiger partial charge in [-0.25, -0.2) is 0 Å². The van der Waals surface area contributed by atoms with Crippen LogP contribution >= 0.6 is 0 Å². The summed E-state index contributed by atoms with van der Waals surface area (Å²) >= 11 is 0. The zero-order chi connectivity index (χ0) is 14.1. The van der Waals surface area contributed by atoms with Crippen molar-refractivity contribution in [3.05, 3.63) is 23.3 Å². The fourth-order valence-electron chi connectivity index (χ4n) is 2.94. The summed E-state index contributed by atoms with van der Waals surface area (Å²) < 4.78 is 1.96. The van der Waals surface area contributed by atoms with Gasteiger partial charge in [0.15, 0.2) is 0 Å². The van der Waals surface area contributed by atoms with E-state index < -0.39 is 0 Å². The van der Waals surface area contributed by atoms with Crippen molar-refractivity contribution in [1.29, 1.82) is 0 Å². The molecule has 1 aromatic heterocycles. The van der Waals surface area contributed by atoms with Gasteiger partial charge in [0, 0.05) is 44.7 Å². The quantitative estimate of drug-likeness (QED) is 0.796. The van der Waals surface area contributed by atoms with Crippen LogP contribution in [0.25, 0.3) is 0 Å². The summed E-state index contributed by atoms with van der Waals surface area (Å²) in [6.07, 6.45) is 3.83. The second kappa shape index (κ2) is 5.36. The van der Waals surface area contributed by atoms with Crippen molar-refractivity contribution in [3.8, 4) is 0 Å². The van der Waals surface area contributed by atoms with E-state index in [1.165, 1.54) is 5.57 Å². The van der Waals surface area contributed by atoms with E-state index in [1.807, 2.05) is 23.4 Å². The van der Waals surface area contributed by atoms with E-state index in [2.05, 4.69) is 15.5 Å². The van der Waals surface area contributed by atoms with Gasteiger partial charge in [0.25, 0.3) is 0 Å². The number of nitrogens with zero attached hydrogens (tertiary/aromatic N) is 4. The second-order valence-electron chi connectivity index (χ2n) is 5.72. The topological polar surface area (TPSA) is 63.1 Å². The maximum absolute atomic E-state index is 12.5. The van der Waals surface area contributed by atoms with E-state index in [0.717, 1.165) is 50.4 Å². The molecule has 0 aliphatic carbocycles. The van der Waals surface area contributed by atoms with Crippen molar-refractivity contribution < 1.29 is 4.79 Å². The van der Waals surface area contributed by atoms with Gasteiger partial charge in [0.05, 0.1) is 0 Å². The SMILES string of the molecule is CC(C(=O)N1CCCC(c2nncn2C)C1)=C1CNC1. The van der Waals surface area contributed by atoms with Crippen LogP contribution < -0.4 is 5.32 Å². The molecule has 3 heterocycles. The predicted octanol–water partition coefficient (Wildman–Crippen LogP) is 0.441. The van der Waals surface area contributed by atoms with Crippen LogP contribution in [-0.2, 0) is 11.8 Å². The van der Waals surface area contributed by atoms with Gasteiger partial charge in [-0.2, -0.15) is 0 Å². The number of likely N-dealkylation sites (tertiary alicyclic amines) is 1. The molecular weight excluding hydrogens is 254 g/mol. The van der Waals surface area contributed by atoms with Crippen LogP contribution in [0, 0.1) is 0 Å². The zero-order valence-corrected chi connectivity index (χ0v) is 12.1. The molecule has 1 amide bonds. The lowest BCUT2D eigenvalue weighted by Crippen LogP contribution is -2.43. The van der Waals surface area contributed by atoms with Gasteiger partial charge in [-0.15, -0.1) is 10.2 Å². The van der Waals surface area contributed by atoms with E-state index in [9.17, 15) is 4.79 Å². The molecule has 1 N–H and O–H groups in total. The number of aryl methyl sites for hydroxylation is 1. The van der Waals surface area contributed by atoms with Crippen molar-refractivity contribution >= 4 is 5.91 Å². The van der Waals surface area contributed by atoms with Crippen LogP contribution in [0.2, 0.25) is 0 Å². The van der Waals surface area contributed by atoms with Crippen molar-refractivity contribution in [3.63, 3.8) is 0 Å². The van der Waals surface area contributed by atoms with Gasteiger partial charge < -0.3 is 14.8 Å². The first-order valence-electron chi connectivity index (χ1n) is 7.19. The Bertz CT molecular complexity index is 542. The summed E-state index contributed by atoms with van der Waals surface area (Å²) in [7, 11) is 1.96. The first-order valence-corrected chi connectivity index (χ1v) is 7.19. The van der Waals surface area contributed by atoms with Crippen molar-refractivity contribution in [2.45, 2.75) is 25.7 Å². The summed E-state index contributed by atoms with van der Waals surface area (Å²) in [5.41, 5.74) is 2.16. The molecule has 1 aromatic rings. The molecule has 1 atom stereocenters. The Balaban J connectivity index is 1.72. The Morgan fingerprint density at radius 3 is 2.85 bits per heavy atom. The number of nitrogens with one attached hydrogen (secondary N) is 1. The molecule has 20 heavy (non-hydrogen) atoms. The lowest BCUT2D eigenvalue weighted by Gasteiger charge is -2.33. The van der Waals surface area contributed by atoms with Crippen LogP contribution in [-0.4, -0.2) is 51.8 Å². The molecule has 2 aliphatic rings. The molecule has 2 fully saturated rings. The van der Waals surface area contributed by atoms with Gasteiger partial charge >= 0.3 is 0 Å². The van der Waals surface area contributed by atoms with Gasteiger partial charge in [-0.05, 0) is 25.3 Å². The summed E-state index contributed by atoms with van der Waals surface area (Å²) in [6.45, 7) is 5.27. The highest BCUT2D eigenvalue weighted by atomic mass is 16.2. The number of hydrogen-bond acceptors (Lipinski definition) is 4. The molecule has 2 aliphatic heterocycles. The predicted molar refractivity (Wildman–Crippen MR) is 75.1 cm³/mol. The average Bonchev–Trinajstić information content (AvgIpc) is 2.82. The summed E-state index contributed by atoms with van der Waals surface area (Å²) in [5.74, 6) is 1.48. The molecule has 108 valence electrons. The number of carbonyl (C=O) groups is 1. The van der Waals surface area contributed by atoms with Crippen LogP contribution in [0.4, 0.5) is 0 Å². The van der Waals surface area contributed by atoms with E-state index in [-0.39, 0.29) is 5.91 Å². The summed E-state index contributed by atoms with van der Waals surface area (Å²) in [4.78, 5) is 14.5. The Hall–Kier alpha value is -1.69. The number of piperidine rings is 1. The fraction of sp³-hybridized carbons (Fsp3) is 0.643. The summed E-state index contributed by atoms with van der Waals surface area (Å²) in [5, 5.41) is 11.3. The smallest absolute Gasteiger partial charge is 0.249 e. The summed E-state index contributed by atoms with van der Waals surface area (Å²) in [6, 6.07) is 0. The minimum atomic E-state index is 0.188. The minimum absolute atomic E-state index is 0.188. The molecule has 6 nitrogen and oxygen atoms in total. The number of amides is 1. The zero-order valence-electron chi connectivity index (χ0n) is 12.1. The van der Waals surface area contributed by atoms with Crippen LogP contribution in [0.1, 0.15) is 31.5 Å². The number of rotatable bonds is 2. The molecule has 1 unspecified atom stereocenters. The Labute approximate surface area is 118 Å². The fourth-order valence-corrected chi connectivity index (χ4v) is 2.94. The first-order chi connectivity index (χ1) is 9.66. The van der Waals surface area contributed by atoms with Crippen LogP contribution in [0.15, 0.2) is 17.5 Å². The van der Waals surface area contributed by atoms with E-state index >= 15 is 0 Å². The first kappa shape index (κ1) is 13.3. The third kappa shape index (κ3) is 2.35. The van der Waals surface area contributed by atoms with Gasteiger partial charge in [-0.1, -0.05) is 0 Å². The van der Waals surface area contributed by atoms with E-state index in [1.54, 1.807) is 6.33 Å². The highest BCUT2D eigenvalue weighted by molar-refractivity contribution is 5.94. The Morgan fingerprint density at radius 1 is 1.45 bits per heavy atom. The average molecular weight is 275 g/mol. The second-order valence-corrected chi connectivity index (χ2v) is 5.72. The molecular formula is C14H21N5O. The van der Waals surface area contributed by atoms with Gasteiger partial charge in [-0.3, -0.25) is 4.79 Å². The lowest BCUT2D eigenvalue weighted by atomic mass is 9.95. The molecule has 6 heteroatoms. The van der Waals surface area contributed by atoms with Crippen LogP contribution in [0.3, 0.4) is 0 Å². The molecule has 0 saturated carbocycles. The Kier molecular flexibility index (Phi) is 3.56. The molecule has 0 spiro atoms. The normalized spacial score (nSPS) is 22.6. The highest BCUT2D eigenvalue weighted by Crippen LogP contribution is 2.26. The lowest BCUT2D eigenvalue weighted by molar-refractivity contribution is -0.128. The molecule has 0 aromatic carbocycles. The maximum Gasteiger partial charge on any atom is 0.249 e. The van der Waals surface area contributed by atoms with E-state index in [0.29, 0.717) is 5.92 Å².